The number of fused-ring (bicyclic) bond motifs is 1. The molecule has 0 aromatic carbocycles. The first-order chi connectivity index (χ1) is 7.35. The molecule has 2 aromatic rings. The topological polar surface area (TPSA) is 37.8 Å². The van der Waals surface area contributed by atoms with Gasteiger partial charge >= 0.3 is 0 Å². The van der Waals surface area contributed by atoms with E-state index in [4.69, 9.17) is 0 Å². The quantitative estimate of drug-likeness (QED) is 0.862. The molecule has 15 heavy (non-hydrogen) atoms. The van der Waals surface area contributed by atoms with Crippen LogP contribution in [0.5, 0.6) is 0 Å². The number of hydrogen-bond acceptors (Lipinski definition) is 4. The SMILES string of the molecule is CCCCc1nc(NC)c2ccsc2n1. The van der Waals surface area contributed by atoms with Crippen LogP contribution in [0.15, 0.2) is 11.4 Å². The highest BCUT2D eigenvalue weighted by atomic mass is 32.1. The lowest BCUT2D eigenvalue weighted by atomic mass is 10.2. The van der Waals surface area contributed by atoms with Gasteiger partial charge in [-0.2, -0.15) is 0 Å². The molecular formula is C11H15N3S. The van der Waals surface area contributed by atoms with Gasteiger partial charge in [0.15, 0.2) is 0 Å². The number of anilines is 1. The normalized spacial score (nSPS) is 10.8. The molecule has 80 valence electrons. The molecule has 0 saturated heterocycles. The van der Waals surface area contributed by atoms with Gasteiger partial charge in [0.2, 0.25) is 0 Å². The molecule has 2 heterocycles. The van der Waals surface area contributed by atoms with Gasteiger partial charge in [-0.1, -0.05) is 13.3 Å². The molecule has 0 aliphatic carbocycles. The van der Waals surface area contributed by atoms with E-state index < -0.39 is 0 Å². The minimum absolute atomic E-state index is 0.951. The average molecular weight is 221 g/mol. The summed E-state index contributed by atoms with van der Waals surface area (Å²) in [7, 11) is 1.91. The number of unbranched alkanes of at least 4 members (excludes halogenated alkanes) is 1. The summed E-state index contributed by atoms with van der Waals surface area (Å²) < 4.78 is 0. The third-order valence-electron chi connectivity index (χ3n) is 2.36. The fourth-order valence-electron chi connectivity index (χ4n) is 1.54. The second-order valence-corrected chi connectivity index (χ2v) is 4.38. The van der Waals surface area contributed by atoms with Crippen molar-refractivity contribution < 1.29 is 0 Å². The van der Waals surface area contributed by atoms with Gasteiger partial charge in [-0.3, -0.25) is 0 Å². The molecule has 0 atom stereocenters. The van der Waals surface area contributed by atoms with Crippen LogP contribution in [0, 0.1) is 0 Å². The van der Waals surface area contributed by atoms with Crippen molar-refractivity contribution in [2.45, 2.75) is 26.2 Å². The zero-order chi connectivity index (χ0) is 10.7. The molecule has 1 N–H and O–H groups in total. The van der Waals surface area contributed by atoms with Crippen LogP contribution in [0.2, 0.25) is 0 Å². The van der Waals surface area contributed by atoms with Crippen LogP contribution >= 0.6 is 11.3 Å². The van der Waals surface area contributed by atoms with Gasteiger partial charge in [0.25, 0.3) is 0 Å². The maximum Gasteiger partial charge on any atom is 0.138 e. The molecule has 0 saturated carbocycles. The van der Waals surface area contributed by atoms with Crippen LogP contribution in [-0.2, 0) is 6.42 Å². The summed E-state index contributed by atoms with van der Waals surface area (Å²) in [5.41, 5.74) is 0. The van der Waals surface area contributed by atoms with Crippen molar-refractivity contribution in [1.29, 1.82) is 0 Å². The largest absolute Gasteiger partial charge is 0.372 e. The van der Waals surface area contributed by atoms with E-state index in [2.05, 4.69) is 33.7 Å². The van der Waals surface area contributed by atoms with E-state index in [0.29, 0.717) is 0 Å². The summed E-state index contributed by atoms with van der Waals surface area (Å²) in [5, 5.41) is 6.32. The number of nitrogens with zero attached hydrogens (tertiary/aromatic N) is 2. The first-order valence-electron chi connectivity index (χ1n) is 5.27. The van der Waals surface area contributed by atoms with Gasteiger partial charge in [-0.05, 0) is 17.9 Å². The van der Waals surface area contributed by atoms with Crippen LogP contribution in [0.1, 0.15) is 25.6 Å². The number of thiophene rings is 1. The summed E-state index contributed by atoms with van der Waals surface area (Å²) in [5.74, 6) is 1.91. The standard InChI is InChI=1S/C11H15N3S/c1-3-4-5-9-13-10(12-2)8-6-7-15-11(8)14-9/h6-7H,3-5H2,1-2H3,(H,12,13,14). The number of aryl methyl sites for hydroxylation is 1. The molecule has 0 bridgehead atoms. The van der Waals surface area contributed by atoms with E-state index >= 15 is 0 Å². The third-order valence-corrected chi connectivity index (χ3v) is 3.17. The average Bonchev–Trinajstić information content (AvgIpc) is 2.73. The minimum Gasteiger partial charge on any atom is -0.372 e. The third kappa shape index (κ3) is 2.09. The highest BCUT2D eigenvalue weighted by Crippen LogP contribution is 2.24. The van der Waals surface area contributed by atoms with Gasteiger partial charge in [0, 0.05) is 13.5 Å². The number of hydrogen-bond donors (Lipinski definition) is 1. The highest BCUT2D eigenvalue weighted by molar-refractivity contribution is 7.16. The lowest BCUT2D eigenvalue weighted by Gasteiger charge is -2.04. The van der Waals surface area contributed by atoms with Crippen molar-refractivity contribution in [3.63, 3.8) is 0 Å². The molecule has 0 spiro atoms. The van der Waals surface area contributed by atoms with Gasteiger partial charge in [-0.25, -0.2) is 9.97 Å². The minimum atomic E-state index is 0.951. The van der Waals surface area contributed by atoms with Gasteiger partial charge in [-0.15, -0.1) is 11.3 Å². The first kappa shape index (κ1) is 10.4. The van der Waals surface area contributed by atoms with E-state index in [-0.39, 0.29) is 0 Å². The zero-order valence-corrected chi connectivity index (χ0v) is 9.90. The van der Waals surface area contributed by atoms with E-state index in [1.165, 1.54) is 6.42 Å². The van der Waals surface area contributed by atoms with Gasteiger partial charge in [0.05, 0.1) is 5.39 Å². The number of aromatic nitrogens is 2. The Balaban J connectivity index is 2.40. The molecule has 2 rings (SSSR count). The van der Waals surface area contributed by atoms with E-state index in [9.17, 15) is 0 Å². The molecule has 4 heteroatoms. The van der Waals surface area contributed by atoms with Gasteiger partial charge < -0.3 is 5.32 Å². The number of nitrogens with one attached hydrogen (secondary N) is 1. The lowest BCUT2D eigenvalue weighted by molar-refractivity contribution is 0.758. The Morgan fingerprint density at radius 3 is 3.00 bits per heavy atom. The summed E-state index contributed by atoms with van der Waals surface area (Å²) >= 11 is 1.67. The highest BCUT2D eigenvalue weighted by Gasteiger charge is 2.06. The summed E-state index contributed by atoms with van der Waals surface area (Å²) in [6.45, 7) is 2.18. The van der Waals surface area contributed by atoms with Crippen LogP contribution in [0.4, 0.5) is 5.82 Å². The molecule has 0 amide bonds. The Hall–Kier alpha value is -1.16. The maximum absolute atomic E-state index is 4.55. The fraction of sp³-hybridized carbons (Fsp3) is 0.455. The monoisotopic (exact) mass is 221 g/mol. The van der Waals surface area contributed by atoms with Crippen molar-refractivity contribution in [2.75, 3.05) is 12.4 Å². The second kappa shape index (κ2) is 4.57. The molecule has 0 radical (unpaired) electrons. The molecule has 2 aromatic heterocycles. The Kier molecular flexibility index (Phi) is 3.16. The summed E-state index contributed by atoms with van der Waals surface area (Å²) in [6, 6.07) is 2.06. The predicted octanol–water partition coefficient (Wildman–Crippen LogP) is 3.08. The van der Waals surface area contributed by atoms with E-state index in [1.54, 1.807) is 11.3 Å². The van der Waals surface area contributed by atoms with Crippen molar-refractivity contribution >= 4 is 27.4 Å². The molecule has 0 fully saturated rings. The molecule has 3 nitrogen and oxygen atoms in total. The summed E-state index contributed by atoms with van der Waals surface area (Å²) in [6.07, 6.45) is 3.31. The van der Waals surface area contributed by atoms with Crippen molar-refractivity contribution in [3.8, 4) is 0 Å². The van der Waals surface area contributed by atoms with Gasteiger partial charge in [0.1, 0.15) is 16.5 Å². The molecule has 0 unspecified atom stereocenters. The van der Waals surface area contributed by atoms with Crippen LogP contribution in [-0.4, -0.2) is 17.0 Å². The Morgan fingerprint density at radius 2 is 2.27 bits per heavy atom. The lowest BCUT2D eigenvalue weighted by Crippen LogP contribution is -2.00. The predicted molar refractivity (Wildman–Crippen MR) is 65.6 cm³/mol. The maximum atomic E-state index is 4.55. The smallest absolute Gasteiger partial charge is 0.138 e. The van der Waals surface area contributed by atoms with E-state index in [0.717, 1.165) is 34.7 Å². The molecule has 0 aliphatic rings. The summed E-state index contributed by atoms with van der Waals surface area (Å²) in [4.78, 5) is 10.1. The second-order valence-electron chi connectivity index (χ2n) is 3.48. The number of rotatable bonds is 4. The van der Waals surface area contributed by atoms with Crippen molar-refractivity contribution in [1.82, 2.24) is 9.97 Å². The van der Waals surface area contributed by atoms with Crippen LogP contribution in [0.25, 0.3) is 10.2 Å². The van der Waals surface area contributed by atoms with Crippen LogP contribution < -0.4 is 5.32 Å². The first-order valence-corrected chi connectivity index (χ1v) is 6.15. The molecular weight excluding hydrogens is 206 g/mol. The Labute approximate surface area is 93.6 Å². The van der Waals surface area contributed by atoms with Crippen molar-refractivity contribution in [2.24, 2.45) is 0 Å². The van der Waals surface area contributed by atoms with E-state index in [1.807, 2.05) is 7.05 Å². The Bertz CT molecular complexity index is 450. The molecule has 0 aliphatic heterocycles. The zero-order valence-electron chi connectivity index (χ0n) is 9.08. The Morgan fingerprint density at radius 1 is 1.40 bits per heavy atom. The fourth-order valence-corrected chi connectivity index (χ4v) is 2.32. The van der Waals surface area contributed by atoms with Crippen molar-refractivity contribution in [3.05, 3.63) is 17.3 Å². The van der Waals surface area contributed by atoms with Crippen LogP contribution in [0.3, 0.4) is 0 Å².